The van der Waals surface area contributed by atoms with Gasteiger partial charge in [-0.1, -0.05) is 12.1 Å². The number of benzene rings is 1. The number of nitrogens with one attached hydrogen (secondary N) is 1. The molecule has 20 heavy (non-hydrogen) atoms. The second-order valence-electron chi connectivity index (χ2n) is 4.92. The zero-order valence-corrected chi connectivity index (χ0v) is 11.2. The first-order valence-electron chi connectivity index (χ1n) is 6.56. The highest BCUT2D eigenvalue weighted by atomic mass is 19.4. The fourth-order valence-corrected chi connectivity index (χ4v) is 2.48. The van der Waals surface area contributed by atoms with Crippen LogP contribution in [-0.4, -0.2) is 37.0 Å². The van der Waals surface area contributed by atoms with E-state index in [1.165, 1.54) is 23.1 Å². The Kier molecular flexibility index (Phi) is 4.32. The van der Waals surface area contributed by atoms with Crippen LogP contribution in [0.1, 0.15) is 28.8 Å². The summed E-state index contributed by atoms with van der Waals surface area (Å²) in [7, 11) is 1.79. The van der Waals surface area contributed by atoms with Gasteiger partial charge < -0.3 is 10.2 Å². The molecule has 1 atom stereocenters. The van der Waals surface area contributed by atoms with Crippen molar-refractivity contribution < 1.29 is 18.0 Å². The molecule has 1 aromatic rings. The van der Waals surface area contributed by atoms with Crippen molar-refractivity contribution in [3.63, 3.8) is 0 Å². The van der Waals surface area contributed by atoms with Crippen LogP contribution in [0.2, 0.25) is 0 Å². The molecule has 1 saturated heterocycles. The number of carbonyl (C=O) groups excluding carboxylic acids is 1. The van der Waals surface area contributed by atoms with Gasteiger partial charge >= 0.3 is 6.18 Å². The molecule has 1 aliphatic rings. The van der Waals surface area contributed by atoms with Crippen LogP contribution in [0.25, 0.3) is 0 Å². The van der Waals surface area contributed by atoms with E-state index in [1.54, 1.807) is 7.05 Å². The summed E-state index contributed by atoms with van der Waals surface area (Å²) in [5.74, 6) is -0.544. The van der Waals surface area contributed by atoms with Crippen molar-refractivity contribution in [1.29, 1.82) is 0 Å². The molecule has 1 heterocycles. The number of alkyl halides is 3. The maximum atomic E-state index is 12.9. The molecular weight excluding hydrogens is 269 g/mol. The number of amides is 1. The number of likely N-dealkylation sites (N-methyl/N-ethyl adjacent to an activating group) is 1. The lowest BCUT2D eigenvalue weighted by atomic mass is 10.0. The summed E-state index contributed by atoms with van der Waals surface area (Å²) in [6.07, 6.45) is -2.78. The summed E-state index contributed by atoms with van der Waals surface area (Å²) >= 11 is 0. The molecule has 1 amide bonds. The van der Waals surface area contributed by atoms with E-state index >= 15 is 0 Å². The van der Waals surface area contributed by atoms with Gasteiger partial charge in [-0.05, 0) is 32.0 Å². The molecule has 3 nitrogen and oxygen atoms in total. The van der Waals surface area contributed by atoms with Crippen molar-refractivity contribution in [2.45, 2.75) is 25.1 Å². The van der Waals surface area contributed by atoms with Gasteiger partial charge in [0.2, 0.25) is 0 Å². The minimum Gasteiger partial charge on any atom is -0.337 e. The van der Waals surface area contributed by atoms with Crippen molar-refractivity contribution >= 4 is 5.91 Å². The summed E-state index contributed by atoms with van der Waals surface area (Å²) in [5, 5.41) is 3.07. The third-order valence-corrected chi connectivity index (χ3v) is 3.58. The molecule has 1 N–H and O–H groups in total. The van der Waals surface area contributed by atoms with Crippen LogP contribution in [0.15, 0.2) is 24.3 Å². The molecule has 0 aromatic heterocycles. The van der Waals surface area contributed by atoms with Crippen LogP contribution in [0.3, 0.4) is 0 Å². The standard InChI is InChI=1S/C14H17F3N2O/c1-18-10-5-4-8-19(9-10)13(20)11-6-2-3-7-12(11)14(15,16)17/h2-3,6-7,10,18H,4-5,8-9H2,1H3. The van der Waals surface area contributed by atoms with Gasteiger partial charge in [-0.25, -0.2) is 0 Å². The lowest BCUT2D eigenvalue weighted by molar-refractivity contribution is -0.138. The Morgan fingerprint density at radius 3 is 2.70 bits per heavy atom. The molecule has 1 unspecified atom stereocenters. The number of rotatable bonds is 2. The second kappa shape index (κ2) is 5.83. The first-order valence-corrected chi connectivity index (χ1v) is 6.56. The highest BCUT2D eigenvalue weighted by Gasteiger charge is 2.36. The van der Waals surface area contributed by atoms with E-state index in [2.05, 4.69) is 5.32 Å². The Hall–Kier alpha value is -1.56. The van der Waals surface area contributed by atoms with Crippen molar-refractivity contribution in [2.24, 2.45) is 0 Å². The molecule has 1 aromatic carbocycles. The number of likely N-dealkylation sites (tertiary alicyclic amines) is 1. The van der Waals surface area contributed by atoms with Crippen LogP contribution in [0.4, 0.5) is 13.2 Å². The number of nitrogens with zero attached hydrogens (tertiary/aromatic N) is 1. The van der Waals surface area contributed by atoms with E-state index in [4.69, 9.17) is 0 Å². The molecule has 0 bridgehead atoms. The zero-order chi connectivity index (χ0) is 14.8. The van der Waals surface area contributed by atoms with Crippen LogP contribution in [0, 0.1) is 0 Å². The average Bonchev–Trinajstić information content (AvgIpc) is 2.45. The van der Waals surface area contributed by atoms with Gasteiger partial charge in [-0.15, -0.1) is 0 Å². The highest BCUT2D eigenvalue weighted by molar-refractivity contribution is 5.96. The Balaban J connectivity index is 2.25. The number of hydrogen-bond acceptors (Lipinski definition) is 2. The second-order valence-corrected chi connectivity index (χ2v) is 4.92. The fraction of sp³-hybridized carbons (Fsp3) is 0.500. The van der Waals surface area contributed by atoms with Crippen molar-refractivity contribution in [2.75, 3.05) is 20.1 Å². The van der Waals surface area contributed by atoms with E-state index in [0.29, 0.717) is 13.1 Å². The number of carbonyl (C=O) groups is 1. The summed E-state index contributed by atoms with van der Waals surface area (Å²) < 4.78 is 38.8. The number of piperidine rings is 1. The van der Waals surface area contributed by atoms with E-state index < -0.39 is 17.6 Å². The van der Waals surface area contributed by atoms with Gasteiger partial charge in [0.25, 0.3) is 5.91 Å². The van der Waals surface area contributed by atoms with Crippen LogP contribution < -0.4 is 5.32 Å². The number of halogens is 3. The Labute approximate surface area is 115 Å². The van der Waals surface area contributed by atoms with Crippen LogP contribution >= 0.6 is 0 Å². The van der Waals surface area contributed by atoms with E-state index in [0.717, 1.165) is 18.9 Å². The first-order chi connectivity index (χ1) is 9.43. The van der Waals surface area contributed by atoms with Crippen molar-refractivity contribution in [3.05, 3.63) is 35.4 Å². The minimum atomic E-state index is -4.51. The maximum Gasteiger partial charge on any atom is 0.417 e. The Bertz CT molecular complexity index is 488. The minimum absolute atomic E-state index is 0.144. The lowest BCUT2D eigenvalue weighted by Crippen LogP contribution is -2.47. The van der Waals surface area contributed by atoms with Gasteiger partial charge in [0.15, 0.2) is 0 Å². The Morgan fingerprint density at radius 1 is 1.35 bits per heavy atom. The molecule has 2 rings (SSSR count). The third-order valence-electron chi connectivity index (χ3n) is 3.58. The fourth-order valence-electron chi connectivity index (χ4n) is 2.48. The van der Waals surface area contributed by atoms with Crippen molar-refractivity contribution in [1.82, 2.24) is 10.2 Å². The van der Waals surface area contributed by atoms with Crippen LogP contribution in [0.5, 0.6) is 0 Å². The third kappa shape index (κ3) is 3.12. The molecule has 0 spiro atoms. The quantitative estimate of drug-likeness (QED) is 0.906. The Morgan fingerprint density at radius 2 is 2.05 bits per heavy atom. The molecule has 0 aliphatic carbocycles. The molecule has 6 heteroatoms. The molecule has 0 saturated carbocycles. The topological polar surface area (TPSA) is 32.3 Å². The predicted molar refractivity (Wildman–Crippen MR) is 69.4 cm³/mol. The van der Waals surface area contributed by atoms with Crippen molar-refractivity contribution in [3.8, 4) is 0 Å². The van der Waals surface area contributed by atoms with Gasteiger partial charge in [0, 0.05) is 19.1 Å². The average molecular weight is 286 g/mol. The van der Waals surface area contributed by atoms with Gasteiger partial charge in [0.05, 0.1) is 11.1 Å². The molecule has 0 radical (unpaired) electrons. The maximum absolute atomic E-state index is 12.9. The van der Waals surface area contributed by atoms with Gasteiger partial charge in [-0.2, -0.15) is 13.2 Å². The number of hydrogen-bond donors (Lipinski definition) is 1. The summed E-state index contributed by atoms with van der Waals surface area (Å²) in [6, 6.07) is 5.10. The summed E-state index contributed by atoms with van der Waals surface area (Å²) in [6.45, 7) is 0.949. The van der Waals surface area contributed by atoms with E-state index in [1.807, 2.05) is 0 Å². The first kappa shape index (κ1) is 14.8. The van der Waals surface area contributed by atoms with Gasteiger partial charge in [-0.3, -0.25) is 4.79 Å². The monoisotopic (exact) mass is 286 g/mol. The molecule has 110 valence electrons. The molecule has 1 aliphatic heterocycles. The van der Waals surface area contributed by atoms with E-state index in [9.17, 15) is 18.0 Å². The molecule has 1 fully saturated rings. The highest BCUT2D eigenvalue weighted by Crippen LogP contribution is 2.32. The van der Waals surface area contributed by atoms with Gasteiger partial charge in [0.1, 0.15) is 0 Å². The summed E-state index contributed by atoms with van der Waals surface area (Å²) in [4.78, 5) is 13.8. The SMILES string of the molecule is CNC1CCCN(C(=O)c2ccccc2C(F)(F)F)C1. The normalized spacial score (nSPS) is 20.0. The molecular formula is C14H17F3N2O. The van der Waals surface area contributed by atoms with Crippen LogP contribution in [-0.2, 0) is 6.18 Å². The predicted octanol–water partition coefficient (Wildman–Crippen LogP) is 2.53. The smallest absolute Gasteiger partial charge is 0.337 e. The largest absolute Gasteiger partial charge is 0.417 e. The van der Waals surface area contributed by atoms with E-state index in [-0.39, 0.29) is 11.6 Å². The zero-order valence-electron chi connectivity index (χ0n) is 11.2. The lowest BCUT2D eigenvalue weighted by Gasteiger charge is -2.33. The summed E-state index contributed by atoms with van der Waals surface area (Å²) in [5.41, 5.74) is -1.13.